The Morgan fingerprint density at radius 2 is 2.27 bits per heavy atom. The number of hydrogen-bond acceptors (Lipinski definition) is 3. The van der Waals surface area contributed by atoms with Crippen molar-refractivity contribution in [2.24, 2.45) is 5.73 Å². The van der Waals surface area contributed by atoms with Crippen LogP contribution in [0.3, 0.4) is 0 Å². The summed E-state index contributed by atoms with van der Waals surface area (Å²) >= 11 is 0. The fourth-order valence-corrected chi connectivity index (χ4v) is 2.49. The molecule has 0 bridgehead atoms. The smallest absolute Gasteiger partial charge is 0.115 e. The molecule has 1 saturated carbocycles. The molecule has 0 amide bonds. The van der Waals surface area contributed by atoms with Gasteiger partial charge >= 0.3 is 0 Å². The maximum atomic E-state index is 9.46. The van der Waals surface area contributed by atoms with Crippen LogP contribution in [0.5, 0.6) is 5.75 Å². The molecule has 0 aromatic heterocycles. The number of nitrogens with two attached hydrogens (primary N) is 1. The summed E-state index contributed by atoms with van der Waals surface area (Å²) in [6, 6.07) is 7.66. The maximum Gasteiger partial charge on any atom is 0.115 e. The number of phenols is 1. The van der Waals surface area contributed by atoms with Crippen LogP contribution in [-0.4, -0.2) is 24.9 Å². The molecular weight excluding hydrogens is 190 g/mol. The number of benzene rings is 1. The first-order valence-corrected chi connectivity index (χ1v) is 5.20. The Morgan fingerprint density at radius 1 is 1.53 bits per heavy atom. The highest BCUT2D eigenvalue weighted by Crippen LogP contribution is 2.43. The van der Waals surface area contributed by atoms with E-state index in [2.05, 4.69) is 0 Å². The predicted molar refractivity (Wildman–Crippen MR) is 58.9 cm³/mol. The molecule has 1 fully saturated rings. The van der Waals surface area contributed by atoms with Crippen LogP contribution in [0.4, 0.5) is 0 Å². The molecular formula is C12H17NO2. The van der Waals surface area contributed by atoms with Gasteiger partial charge in [0.15, 0.2) is 0 Å². The molecule has 3 N–H and O–H groups in total. The molecule has 0 aliphatic heterocycles. The number of ether oxygens (including phenoxy) is 1. The van der Waals surface area contributed by atoms with Gasteiger partial charge in [0.25, 0.3) is 0 Å². The molecule has 0 atom stereocenters. The van der Waals surface area contributed by atoms with Gasteiger partial charge in [0.05, 0.1) is 6.61 Å². The molecule has 0 heterocycles. The van der Waals surface area contributed by atoms with Crippen molar-refractivity contribution in [3.05, 3.63) is 29.8 Å². The summed E-state index contributed by atoms with van der Waals surface area (Å²) in [7, 11) is 1.70. The lowest BCUT2D eigenvalue weighted by atomic mass is 9.62. The second kappa shape index (κ2) is 3.83. The molecule has 0 radical (unpaired) electrons. The van der Waals surface area contributed by atoms with Crippen LogP contribution in [0.1, 0.15) is 18.4 Å². The number of rotatable bonds is 3. The van der Waals surface area contributed by atoms with E-state index in [0.717, 1.165) is 18.4 Å². The molecule has 1 aromatic carbocycles. The molecule has 3 heteroatoms. The Labute approximate surface area is 89.9 Å². The number of phenolic OH excluding ortho intramolecular Hbond substituents is 1. The summed E-state index contributed by atoms with van der Waals surface area (Å²) < 4.78 is 5.25. The summed E-state index contributed by atoms with van der Waals surface area (Å²) in [5, 5.41) is 9.46. The van der Waals surface area contributed by atoms with E-state index >= 15 is 0 Å². The zero-order valence-electron chi connectivity index (χ0n) is 8.94. The SMILES string of the molecule is COCC1(c2cccc(O)c2)CC(N)C1. The molecule has 1 aliphatic carbocycles. The van der Waals surface area contributed by atoms with Gasteiger partial charge in [-0.25, -0.2) is 0 Å². The van der Waals surface area contributed by atoms with E-state index in [1.807, 2.05) is 18.2 Å². The minimum atomic E-state index is 0.0207. The molecule has 1 aromatic rings. The molecule has 82 valence electrons. The first kappa shape index (κ1) is 10.5. The van der Waals surface area contributed by atoms with Gasteiger partial charge < -0.3 is 15.6 Å². The van der Waals surface area contributed by atoms with E-state index in [0.29, 0.717) is 12.4 Å². The highest BCUT2D eigenvalue weighted by Gasteiger charge is 2.44. The summed E-state index contributed by atoms with van der Waals surface area (Å²) in [6.45, 7) is 0.671. The van der Waals surface area contributed by atoms with Crippen molar-refractivity contribution in [2.75, 3.05) is 13.7 Å². The van der Waals surface area contributed by atoms with E-state index in [-0.39, 0.29) is 11.5 Å². The van der Waals surface area contributed by atoms with Crippen LogP contribution >= 0.6 is 0 Å². The average molecular weight is 207 g/mol. The van der Waals surface area contributed by atoms with Crippen molar-refractivity contribution in [3.63, 3.8) is 0 Å². The zero-order valence-corrected chi connectivity index (χ0v) is 8.94. The van der Waals surface area contributed by atoms with Crippen molar-refractivity contribution in [1.82, 2.24) is 0 Å². The van der Waals surface area contributed by atoms with Crippen molar-refractivity contribution < 1.29 is 9.84 Å². The monoisotopic (exact) mass is 207 g/mol. The van der Waals surface area contributed by atoms with E-state index in [1.54, 1.807) is 13.2 Å². The fraction of sp³-hybridized carbons (Fsp3) is 0.500. The van der Waals surface area contributed by atoms with Gasteiger partial charge in [-0.3, -0.25) is 0 Å². The second-order valence-corrected chi connectivity index (χ2v) is 4.43. The minimum absolute atomic E-state index is 0.0207. The van der Waals surface area contributed by atoms with Gasteiger partial charge in [0.2, 0.25) is 0 Å². The van der Waals surface area contributed by atoms with Gasteiger partial charge in [-0.1, -0.05) is 12.1 Å². The Hall–Kier alpha value is -1.06. The molecule has 0 unspecified atom stereocenters. The van der Waals surface area contributed by atoms with Gasteiger partial charge in [0, 0.05) is 18.6 Å². The standard InChI is InChI=1S/C12H17NO2/c1-15-8-12(6-10(13)7-12)9-3-2-4-11(14)5-9/h2-5,10,14H,6-8,13H2,1H3. The van der Waals surface area contributed by atoms with Crippen molar-refractivity contribution in [3.8, 4) is 5.75 Å². The van der Waals surface area contributed by atoms with Crippen LogP contribution in [0.25, 0.3) is 0 Å². The van der Waals surface area contributed by atoms with Gasteiger partial charge in [-0.15, -0.1) is 0 Å². The highest BCUT2D eigenvalue weighted by molar-refractivity contribution is 5.35. The summed E-state index contributed by atoms with van der Waals surface area (Å²) in [5.74, 6) is 0.309. The van der Waals surface area contributed by atoms with Crippen molar-refractivity contribution in [1.29, 1.82) is 0 Å². The third-order valence-corrected chi connectivity index (χ3v) is 3.19. The normalized spacial score (nSPS) is 29.9. The van der Waals surface area contributed by atoms with Crippen LogP contribution in [-0.2, 0) is 10.2 Å². The van der Waals surface area contributed by atoms with Crippen LogP contribution in [0.2, 0.25) is 0 Å². The third-order valence-electron chi connectivity index (χ3n) is 3.19. The topological polar surface area (TPSA) is 55.5 Å². The lowest BCUT2D eigenvalue weighted by molar-refractivity contribution is 0.0660. The average Bonchev–Trinajstić information content (AvgIpc) is 2.15. The fourth-order valence-electron chi connectivity index (χ4n) is 2.49. The van der Waals surface area contributed by atoms with Crippen molar-refractivity contribution >= 4 is 0 Å². The number of hydrogen-bond donors (Lipinski definition) is 2. The molecule has 2 rings (SSSR count). The Bertz CT molecular complexity index is 340. The largest absolute Gasteiger partial charge is 0.508 e. The summed E-state index contributed by atoms with van der Waals surface area (Å²) in [5.41, 5.74) is 6.99. The number of methoxy groups -OCH3 is 1. The van der Waals surface area contributed by atoms with Gasteiger partial charge in [0.1, 0.15) is 5.75 Å². The molecule has 15 heavy (non-hydrogen) atoms. The first-order chi connectivity index (χ1) is 7.16. The first-order valence-electron chi connectivity index (χ1n) is 5.20. The quantitative estimate of drug-likeness (QED) is 0.787. The third kappa shape index (κ3) is 1.85. The highest BCUT2D eigenvalue weighted by atomic mass is 16.5. The molecule has 3 nitrogen and oxygen atoms in total. The van der Waals surface area contributed by atoms with Crippen LogP contribution in [0.15, 0.2) is 24.3 Å². The van der Waals surface area contributed by atoms with Crippen LogP contribution in [0, 0.1) is 0 Å². The summed E-state index contributed by atoms with van der Waals surface area (Å²) in [4.78, 5) is 0. The molecule has 0 saturated heterocycles. The van der Waals surface area contributed by atoms with E-state index < -0.39 is 0 Å². The second-order valence-electron chi connectivity index (χ2n) is 4.43. The van der Waals surface area contributed by atoms with E-state index in [4.69, 9.17) is 10.5 Å². The Balaban J connectivity index is 2.26. The number of aromatic hydroxyl groups is 1. The van der Waals surface area contributed by atoms with Gasteiger partial charge in [-0.05, 0) is 30.5 Å². The summed E-state index contributed by atoms with van der Waals surface area (Å²) in [6.07, 6.45) is 1.87. The maximum absolute atomic E-state index is 9.46. The van der Waals surface area contributed by atoms with E-state index in [1.165, 1.54) is 0 Å². The predicted octanol–water partition coefficient (Wildman–Crippen LogP) is 1.40. The van der Waals surface area contributed by atoms with Gasteiger partial charge in [-0.2, -0.15) is 0 Å². The molecule has 0 spiro atoms. The van der Waals surface area contributed by atoms with E-state index in [9.17, 15) is 5.11 Å². The lowest BCUT2D eigenvalue weighted by Gasteiger charge is -2.46. The minimum Gasteiger partial charge on any atom is -0.508 e. The van der Waals surface area contributed by atoms with Crippen LogP contribution < -0.4 is 5.73 Å². The molecule has 1 aliphatic rings. The lowest BCUT2D eigenvalue weighted by Crippen LogP contribution is -2.51. The van der Waals surface area contributed by atoms with Crippen molar-refractivity contribution in [2.45, 2.75) is 24.3 Å². The Morgan fingerprint density at radius 3 is 2.80 bits per heavy atom. The zero-order chi connectivity index (χ0) is 10.9. The Kier molecular flexibility index (Phi) is 2.67.